The van der Waals surface area contributed by atoms with Gasteiger partial charge in [-0.3, -0.25) is 0 Å². The van der Waals surface area contributed by atoms with E-state index in [2.05, 4.69) is 6.07 Å². The van der Waals surface area contributed by atoms with Gasteiger partial charge in [-0.1, -0.05) is 30.3 Å². The number of benzene rings is 2. The Morgan fingerprint density at radius 2 is 1.96 bits per heavy atom. The highest BCUT2D eigenvalue weighted by Crippen LogP contribution is 2.26. The van der Waals surface area contributed by atoms with Crippen molar-refractivity contribution in [1.29, 1.82) is 5.26 Å². The standard InChI is InChI=1S/C20H15NO3S/c21-11-12-23-17-8-5-15(6-9-17)7-10-20(22)24-13-16-14-25-19-4-2-1-3-18(16)19/h1-10,14H,12-13H2/b10-7+. The molecule has 5 heteroatoms. The van der Waals surface area contributed by atoms with Gasteiger partial charge in [-0.05, 0) is 40.6 Å². The quantitative estimate of drug-likeness (QED) is 0.483. The first kappa shape index (κ1) is 16.7. The zero-order valence-corrected chi connectivity index (χ0v) is 14.2. The molecule has 3 rings (SSSR count). The average molecular weight is 349 g/mol. The van der Waals surface area contributed by atoms with Gasteiger partial charge in [0.25, 0.3) is 0 Å². The van der Waals surface area contributed by atoms with Gasteiger partial charge in [0.05, 0.1) is 0 Å². The number of nitriles is 1. The summed E-state index contributed by atoms with van der Waals surface area (Å²) in [6, 6.07) is 17.1. The Balaban J connectivity index is 1.55. The van der Waals surface area contributed by atoms with Gasteiger partial charge in [0, 0.05) is 16.3 Å². The lowest BCUT2D eigenvalue weighted by atomic mass is 10.2. The molecule has 0 unspecified atom stereocenters. The molecule has 124 valence electrons. The maximum absolute atomic E-state index is 11.9. The van der Waals surface area contributed by atoms with Gasteiger partial charge in [-0.15, -0.1) is 11.3 Å². The topological polar surface area (TPSA) is 59.3 Å². The van der Waals surface area contributed by atoms with Crippen molar-refractivity contribution in [2.45, 2.75) is 6.61 Å². The lowest BCUT2D eigenvalue weighted by Gasteiger charge is -2.02. The Hall–Kier alpha value is -3.10. The number of esters is 1. The van der Waals surface area contributed by atoms with Gasteiger partial charge >= 0.3 is 5.97 Å². The van der Waals surface area contributed by atoms with Crippen LogP contribution >= 0.6 is 11.3 Å². The van der Waals surface area contributed by atoms with E-state index < -0.39 is 0 Å². The van der Waals surface area contributed by atoms with Gasteiger partial charge in [-0.25, -0.2) is 4.79 Å². The molecule has 3 aromatic rings. The van der Waals surface area contributed by atoms with Crippen molar-refractivity contribution in [3.63, 3.8) is 0 Å². The molecule has 0 saturated heterocycles. The van der Waals surface area contributed by atoms with E-state index in [9.17, 15) is 4.79 Å². The minimum Gasteiger partial charge on any atom is -0.479 e. The second-order valence-electron chi connectivity index (χ2n) is 5.21. The molecule has 0 N–H and O–H groups in total. The first-order valence-electron chi connectivity index (χ1n) is 7.66. The first-order valence-corrected chi connectivity index (χ1v) is 8.54. The first-order chi connectivity index (χ1) is 12.3. The Bertz CT molecular complexity index is 935. The summed E-state index contributed by atoms with van der Waals surface area (Å²) in [4.78, 5) is 11.9. The van der Waals surface area contributed by atoms with Crippen LogP contribution in [0.4, 0.5) is 0 Å². The molecule has 0 atom stereocenters. The summed E-state index contributed by atoms with van der Waals surface area (Å²) < 4.78 is 11.7. The summed E-state index contributed by atoms with van der Waals surface area (Å²) in [6.07, 6.45) is 3.09. The molecule has 0 aliphatic heterocycles. The van der Waals surface area contributed by atoms with Crippen LogP contribution in [0.1, 0.15) is 11.1 Å². The molecule has 0 aliphatic carbocycles. The van der Waals surface area contributed by atoms with E-state index in [1.807, 2.05) is 41.8 Å². The predicted molar refractivity (Wildman–Crippen MR) is 98.2 cm³/mol. The second kappa shape index (κ2) is 8.13. The van der Waals surface area contributed by atoms with Crippen LogP contribution in [0.3, 0.4) is 0 Å². The molecule has 25 heavy (non-hydrogen) atoms. The number of hydrogen-bond donors (Lipinski definition) is 0. The van der Waals surface area contributed by atoms with Gasteiger partial charge in [0.15, 0.2) is 6.61 Å². The van der Waals surface area contributed by atoms with E-state index in [-0.39, 0.29) is 19.2 Å². The Kier molecular flexibility index (Phi) is 5.45. The monoisotopic (exact) mass is 349 g/mol. The van der Waals surface area contributed by atoms with Gasteiger partial charge in [0.2, 0.25) is 0 Å². The summed E-state index contributed by atoms with van der Waals surface area (Å²) in [5, 5.41) is 11.6. The molecule has 2 aromatic carbocycles. The molecule has 0 bridgehead atoms. The Labute approximate surface area is 149 Å². The number of carbonyl (C=O) groups excluding carboxylic acids is 1. The molecule has 1 heterocycles. The highest BCUT2D eigenvalue weighted by atomic mass is 32.1. The summed E-state index contributed by atoms with van der Waals surface area (Å²) in [5.41, 5.74) is 1.86. The van der Waals surface area contributed by atoms with Crippen molar-refractivity contribution >= 4 is 33.5 Å². The zero-order chi connectivity index (χ0) is 17.5. The number of nitrogens with zero attached hydrogens (tertiary/aromatic N) is 1. The normalized spacial score (nSPS) is 10.7. The molecule has 0 spiro atoms. The average Bonchev–Trinajstić information content (AvgIpc) is 3.07. The van der Waals surface area contributed by atoms with E-state index in [0.29, 0.717) is 5.75 Å². The third-order valence-corrected chi connectivity index (χ3v) is 4.54. The van der Waals surface area contributed by atoms with E-state index in [0.717, 1.165) is 16.5 Å². The maximum Gasteiger partial charge on any atom is 0.331 e. The fourth-order valence-electron chi connectivity index (χ4n) is 2.30. The lowest BCUT2D eigenvalue weighted by Crippen LogP contribution is -2.00. The third-order valence-electron chi connectivity index (χ3n) is 3.53. The molecule has 1 aromatic heterocycles. The van der Waals surface area contributed by atoms with Crippen LogP contribution in [-0.4, -0.2) is 12.6 Å². The summed E-state index contributed by atoms with van der Waals surface area (Å²) in [7, 11) is 0. The van der Waals surface area contributed by atoms with E-state index in [1.54, 1.807) is 29.5 Å². The molecule has 0 amide bonds. The molecule has 0 aliphatic rings. The Morgan fingerprint density at radius 1 is 1.16 bits per heavy atom. The van der Waals surface area contributed by atoms with Crippen molar-refractivity contribution in [2.75, 3.05) is 6.61 Å². The lowest BCUT2D eigenvalue weighted by molar-refractivity contribution is -0.138. The zero-order valence-electron chi connectivity index (χ0n) is 13.3. The number of thiophene rings is 1. The molecule has 4 nitrogen and oxygen atoms in total. The van der Waals surface area contributed by atoms with Crippen LogP contribution in [-0.2, 0) is 16.1 Å². The summed E-state index contributed by atoms with van der Waals surface area (Å²) in [6.45, 7) is 0.271. The molecule has 0 radical (unpaired) electrons. The number of ether oxygens (including phenoxy) is 2. The van der Waals surface area contributed by atoms with Gasteiger partial charge < -0.3 is 9.47 Å². The Morgan fingerprint density at radius 3 is 2.76 bits per heavy atom. The highest BCUT2D eigenvalue weighted by molar-refractivity contribution is 7.17. The van der Waals surface area contributed by atoms with Crippen LogP contribution < -0.4 is 4.74 Å². The summed E-state index contributed by atoms with van der Waals surface area (Å²) in [5.74, 6) is 0.228. The number of hydrogen-bond acceptors (Lipinski definition) is 5. The SMILES string of the molecule is N#CCOc1ccc(/C=C/C(=O)OCc2csc3ccccc23)cc1. The van der Waals surface area contributed by atoms with Crippen LogP contribution in [0.5, 0.6) is 5.75 Å². The number of rotatable bonds is 6. The van der Waals surface area contributed by atoms with Gasteiger partial charge in [0.1, 0.15) is 18.4 Å². The van der Waals surface area contributed by atoms with Crippen LogP contribution in [0, 0.1) is 11.3 Å². The van der Waals surface area contributed by atoms with Crippen LogP contribution in [0.2, 0.25) is 0 Å². The number of fused-ring (bicyclic) bond motifs is 1. The van der Waals surface area contributed by atoms with E-state index in [4.69, 9.17) is 14.7 Å². The van der Waals surface area contributed by atoms with Crippen molar-refractivity contribution < 1.29 is 14.3 Å². The van der Waals surface area contributed by atoms with E-state index in [1.165, 1.54) is 10.8 Å². The second-order valence-corrected chi connectivity index (χ2v) is 6.13. The van der Waals surface area contributed by atoms with E-state index >= 15 is 0 Å². The van der Waals surface area contributed by atoms with Crippen LogP contribution in [0.15, 0.2) is 60.0 Å². The van der Waals surface area contributed by atoms with Crippen molar-refractivity contribution in [3.8, 4) is 11.8 Å². The number of carbonyl (C=O) groups is 1. The molecule has 0 fully saturated rings. The van der Waals surface area contributed by atoms with Gasteiger partial charge in [-0.2, -0.15) is 5.26 Å². The summed E-state index contributed by atoms with van der Waals surface area (Å²) >= 11 is 1.64. The van der Waals surface area contributed by atoms with Crippen LogP contribution in [0.25, 0.3) is 16.2 Å². The molecular weight excluding hydrogens is 334 g/mol. The maximum atomic E-state index is 11.9. The largest absolute Gasteiger partial charge is 0.479 e. The van der Waals surface area contributed by atoms with Crippen molar-refractivity contribution in [3.05, 3.63) is 71.1 Å². The molecule has 0 saturated carbocycles. The third kappa shape index (κ3) is 4.46. The molecular formula is C20H15NO3S. The minimum atomic E-state index is -0.389. The fourth-order valence-corrected chi connectivity index (χ4v) is 3.24. The smallest absolute Gasteiger partial charge is 0.331 e. The predicted octanol–water partition coefficient (Wildman–Crippen LogP) is 4.56. The van der Waals surface area contributed by atoms with Crippen molar-refractivity contribution in [1.82, 2.24) is 0 Å². The highest BCUT2D eigenvalue weighted by Gasteiger charge is 2.05. The minimum absolute atomic E-state index is 0.0127. The fraction of sp³-hybridized carbons (Fsp3) is 0.100. The van der Waals surface area contributed by atoms with Crippen molar-refractivity contribution in [2.24, 2.45) is 0 Å².